The third-order valence-corrected chi connectivity index (χ3v) is 4.40. The standard InChI is InChI=1S/C22H25N3O3/c1-14(2)12-19(22-25-24-15(3)28-22)23-21(26)17-10-11-20(27-4)18(13-17)16-8-6-5-7-9-16/h5-11,13-14,19H,12H2,1-4H3,(H,23,26). The summed E-state index contributed by atoms with van der Waals surface area (Å²) in [5.74, 6) is 1.79. The van der Waals surface area contributed by atoms with Crippen molar-refractivity contribution in [2.24, 2.45) is 5.92 Å². The zero-order valence-corrected chi connectivity index (χ0v) is 16.6. The Bertz CT molecular complexity index is 935. The molecule has 0 aliphatic carbocycles. The van der Waals surface area contributed by atoms with Crippen LogP contribution in [0.3, 0.4) is 0 Å². The lowest BCUT2D eigenvalue weighted by atomic mass is 10.0. The van der Waals surface area contributed by atoms with E-state index in [0.717, 1.165) is 11.1 Å². The van der Waals surface area contributed by atoms with Crippen LogP contribution in [0.1, 0.15) is 48.4 Å². The van der Waals surface area contributed by atoms with Crippen molar-refractivity contribution in [3.8, 4) is 16.9 Å². The summed E-state index contributed by atoms with van der Waals surface area (Å²) in [6.45, 7) is 5.91. The second-order valence-corrected chi connectivity index (χ2v) is 7.10. The normalized spacial score (nSPS) is 12.0. The number of carbonyl (C=O) groups excluding carboxylic acids is 1. The summed E-state index contributed by atoms with van der Waals surface area (Å²) in [4.78, 5) is 13.0. The minimum atomic E-state index is -0.337. The molecule has 1 unspecified atom stereocenters. The molecular weight excluding hydrogens is 354 g/mol. The Morgan fingerprint density at radius 1 is 1.14 bits per heavy atom. The number of rotatable bonds is 7. The minimum absolute atomic E-state index is 0.193. The molecule has 0 spiro atoms. The van der Waals surface area contributed by atoms with Crippen LogP contribution in [-0.2, 0) is 0 Å². The number of hydrogen-bond donors (Lipinski definition) is 1. The van der Waals surface area contributed by atoms with Gasteiger partial charge in [-0.05, 0) is 36.1 Å². The second-order valence-electron chi connectivity index (χ2n) is 7.10. The number of amides is 1. The lowest BCUT2D eigenvalue weighted by molar-refractivity contribution is 0.0924. The highest BCUT2D eigenvalue weighted by molar-refractivity contribution is 5.96. The van der Waals surface area contributed by atoms with Gasteiger partial charge >= 0.3 is 0 Å². The fraction of sp³-hybridized carbons (Fsp3) is 0.318. The SMILES string of the molecule is COc1ccc(C(=O)NC(CC(C)C)c2nnc(C)o2)cc1-c1ccccc1. The van der Waals surface area contributed by atoms with Crippen LogP contribution >= 0.6 is 0 Å². The Labute approximate surface area is 164 Å². The van der Waals surface area contributed by atoms with E-state index in [0.29, 0.717) is 35.4 Å². The smallest absolute Gasteiger partial charge is 0.251 e. The van der Waals surface area contributed by atoms with Gasteiger partial charge in [0.15, 0.2) is 0 Å². The number of aryl methyl sites for hydroxylation is 1. The quantitative estimate of drug-likeness (QED) is 0.651. The van der Waals surface area contributed by atoms with E-state index in [1.807, 2.05) is 42.5 Å². The second kappa shape index (κ2) is 8.69. The fourth-order valence-electron chi connectivity index (χ4n) is 3.08. The lowest BCUT2D eigenvalue weighted by Gasteiger charge is -2.18. The van der Waals surface area contributed by atoms with E-state index < -0.39 is 0 Å². The topological polar surface area (TPSA) is 77.2 Å². The average Bonchev–Trinajstić information content (AvgIpc) is 3.13. The molecule has 2 aromatic carbocycles. The van der Waals surface area contributed by atoms with E-state index in [1.165, 1.54) is 0 Å². The van der Waals surface area contributed by atoms with Crippen LogP contribution in [0.25, 0.3) is 11.1 Å². The predicted octanol–water partition coefficient (Wildman–Crippen LogP) is 4.57. The molecule has 6 nitrogen and oxygen atoms in total. The molecule has 0 aliphatic heterocycles. The van der Waals surface area contributed by atoms with Gasteiger partial charge in [0.25, 0.3) is 5.91 Å². The molecular formula is C22H25N3O3. The zero-order chi connectivity index (χ0) is 20.1. The number of nitrogens with one attached hydrogen (secondary N) is 1. The van der Waals surface area contributed by atoms with Crippen molar-refractivity contribution in [3.63, 3.8) is 0 Å². The molecule has 0 saturated carbocycles. The van der Waals surface area contributed by atoms with Gasteiger partial charge in [-0.25, -0.2) is 0 Å². The van der Waals surface area contributed by atoms with Crippen molar-refractivity contribution in [2.45, 2.75) is 33.2 Å². The Balaban J connectivity index is 1.88. The van der Waals surface area contributed by atoms with E-state index in [1.54, 1.807) is 20.1 Å². The maximum absolute atomic E-state index is 13.0. The van der Waals surface area contributed by atoms with Crippen molar-refractivity contribution >= 4 is 5.91 Å². The summed E-state index contributed by atoms with van der Waals surface area (Å²) in [7, 11) is 1.62. The zero-order valence-electron chi connectivity index (χ0n) is 16.6. The Kier molecular flexibility index (Phi) is 6.09. The van der Waals surface area contributed by atoms with Crippen molar-refractivity contribution in [3.05, 3.63) is 65.9 Å². The van der Waals surface area contributed by atoms with Gasteiger partial charge in [-0.1, -0.05) is 44.2 Å². The molecule has 146 valence electrons. The first-order valence-corrected chi connectivity index (χ1v) is 9.32. The van der Waals surface area contributed by atoms with Crippen LogP contribution in [-0.4, -0.2) is 23.2 Å². The summed E-state index contributed by atoms with van der Waals surface area (Å²) in [5.41, 5.74) is 2.40. The molecule has 1 amide bonds. The summed E-state index contributed by atoms with van der Waals surface area (Å²) < 4.78 is 11.0. The van der Waals surface area contributed by atoms with Crippen molar-refractivity contribution in [1.82, 2.24) is 15.5 Å². The fourth-order valence-corrected chi connectivity index (χ4v) is 3.08. The maximum atomic E-state index is 13.0. The summed E-state index contributed by atoms with van der Waals surface area (Å²) >= 11 is 0. The minimum Gasteiger partial charge on any atom is -0.496 e. The number of methoxy groups -OCH3 is 1. The summed E-state index contributed by atoms with van der Waals surface area (Å²) in [5, 5.41) is 11.0. The van der Waals surface area contributed by atoms with Gasteiger partial charge in [0, 0.05) is 18.1 Å². The number of ether oxygens (including phenoxy) is 1. The van der Waals surface area contributed by atoms with Crippen LogP contribution in [0.5, 0.6) is 5.75 Å². The van der Waals surface area contributed by atoms with E-state index in [2.05, 4.69) is 29.4 Å². The van der Waals surface area contributed by atoms with E-state index in [9.17, 15) is 4.79 Å². The molecule has 0 radical (unpaired) electrons. The highest BCUT2D eigenvalue weighted by Gasteiger charge is 2.23. The Hall–Kier alpha value is -3.15. The van der Waals surface area contributed by atoms with Crippen molar-refractivity contribution in [2.75, 3.05) is 7.11 Å². The summed E-state index contributed by atoms with van der Waals surface area (Å²) in [6, 6.07) is 14.9. The predicted molar refractivity (Wildman–Crippen MR) is 107 cm³/mol. The van der Waals surface area contributed by atoms with Gasteiger partial charge in [0.2, 0.25) is 11.8 Å². The van der Waals surface area contributed by atoms with Gasteiger partial charge < -0.3 is 14.5 Å². The Morgan fingerprint density at radius 3 is 2.50 bits per heavy atom. The monoisotopic (exact) mass is 379 g/mol. The van der Waals surface area contributed by atoms with E-state index in [-0.39, 0.29) is 11.9 Å². The van der Waals surface area contributed by atoms with Crippen LogP contribution in [0, 0.1) is 12.8 Å². The molecule has 3 aromatic rings. The maximum Gasteiger partial charge on any atom is 0.251 e. The summed E-state index contributed by atoms with van der Waals surface area (Å²) in [6.07, 6.45) is 0.703. The first-order valence-electron chi connectivity index (χ1n) is 9.32. The number of hydrogen-bond acceptors (Lipinski definition) is 5. The molecule has 1 aromatic heterocycles. The first kappa shape index (κ1) is 19.6. The van der Waals surface area contributed by atoms with Crippen molar-refractivity contribution in [1.29, 1.82) is 0 Å². The molecule has 0 saturated heterocycles. The number of carbonyl (C=O) groups is 1. The van der Waals surface area contributed by atoms with Gasteiger partial charge in [0.05, 0.1) is 7.11 Å². The largest absolute Gasteiger partial charge is 0.496 e. The van der Waals surface area contributed by atoms with Crippen LogP contribution in [0.4, 0.5) is 0 Å². The molecule has 28 heavy (non-hydrogen) atoms. The third kappa shape index (κ3) is 4.57. The molecule has 1 N–H and O–H groups in total. The van der Waals surface area contributed by atoms with Gasteiger partial charge in [-0.3, -0.25) is 4.79 Å². The van der Waals surface area contributed by atoms with Crippen LogP contribution in [0.2, 0.25) is 0 Å². The number of nitrogens with zero attached hydrogens (tertiary/aromatic N) is 2. The molecule has 0 bridgehead atoms. The van der Waals surface area contributed by atoms with E-state index in [4.69, 9.17) is 9.15 Å². The average molecular weight is 379 g/mol. The highest BCUT2D eigenvalue weighted by atomic mass is 16.5. The molecule has 3 rings (SSSR count). The van der Waals surface area contributed by atoms with E-state index >= 15 is 0 Å². The third-order valence-electron chi connectivity index (χ3n) is 4.40. The number of benzene rings is 2. The molecule has 0 fully saturated rings. The molecule has 1 atom stereocenters. The first-order chi connectivity index (χ1) is 13.5. The van der Waals surface area contributed by atoms with Gasteiger partial charge in [-0.2, -0.15) is 0 Å². The number of aromatic nitrogens is 2. The molecule has 1 heterocycles. The van der Waals surface area contributed by atoms with Gasteiger partial charge in [0.1, 0.15) is 11.8 Å². The molecule has 0 aliphatic rings. The van der Waals surface area contributed by atoms with Crippen molar-refractivity contribution < 1.29 is 13.9 Å². The van der Waals surface area contributed by atoms with Crippen LogP contribution in [0.15, 0.2) is 52.9 Å². The van der Waals surface area contributed by atoms with Gasteiger partial charge in [-0.15, -0.1) is 10.2 Å². The molecule has 6 heteroatoms. The highest BCUT2D eigenvalue weighted by Crippen LogP contribution is 2.31. The van der Waals surface area contributed by atoms with Crippen LogP contribution < -0.4 is 10.1 Å². The Morgan fingerprint density at radius 2 is 1.89 bits per heavy atom. The lowest BCUT2D eigenvalue weighted by Crippen LogP contribution is -2.29.